The third-order valence-corrected chi connectivity index (χ3v) is 5.13. The molecule has 1 aromatic rings. The summed E-state index contributed by atoms with van der Waals surface area (Å²) in [6.07, 6.45) is 5.32. The number of benzene rings is 1. The van der Waals surface area contributed by atoms with E-state index in [2.05, 4.69) is 20.7 Å². The Bertz CT molecular complexity index is 606. The highest BCUT2D eigenvalue weighted by Crippen LogP contribution is 2.32. The van der Waals surface area contributed by atoms with Gasteiger partial charge >= 0.3 is 0 Å². The van der Waals surface area contributed by atoms with Crippen molar-refractivity contribution in [3.8, 4) is 5.75 Å². The molecule has 1 aliphatic rings. The van der Waals surface area contributed by atoms with Crippen LogP contribution >= 0.6 is 15.9 Å². The van der Waals surface area contributed by atoms with E-state index in [0.717, 1.165) is 0 Å². The van der Waals surface area contributed by atoms with Crippen LogP contribution in [0.3, 0.4) is 0 Å². The van der Waals surface area contributed by atoms with E-state index in [-0.39, 0.29) is 16.7 Å². The van der Waals surface area contributed by atoms with E-state index in [9.17, 15) is 8.42 Å². The SMILES string of the molecule is COc1cc(Br)c(N)cc1S(=O)(=O)NC1CC=CC1. The molecule has 7 heteroatoms. The molecule has 0 fully saturated rings. The maximum absolute atomic E-state index is 12.3. The molecular formula is C12H15BrN2O3S. The van der Waals surface area contributed by atoms with Gasteiger partial charge in [-0.3, -0.25) is 0 Å². The van der Waals surface area contributed by atoms with Crippen LogP contribution in [0, 0.1) is 0 Å². The Morgan fingerprint density at radius 3 is 2.58 bits per heavy atom. The third kappa shape index (κ3) is 3.10. The summed E-state index contributed by atoms with van der Waals surface area (Å²) in [6.45, 7) is 0. The lowest BCUT2D eigenvalue weighted by molar-refractivity contribution is 0.402. The second kappa shape index (κ2) is 5.52. The maximum atomic E-state index is 12.3. The molecule has 19 heavy (non-hydrogen) atoms. The minimum absolute atomic E-state index is 0.0580. The van der Waals surface area contributed by atoms with E-state index in [4.69, 9.17) is 10.5 Å². The predicted octanol–water partition coefficient (Wildman–Crippen LogP) is 2.04. The van der Waals surface area contributed by atoms with E-state index < -0.39 is 10.0 Å². The molecule has 1 aliphatic carbocycles. The van der Waals surface area contributed by atoms with Crippen LogP contribution in [0.15, 0.2) is 33.7 Å². The van der Waals surface area contributed by atoms with E-state index in [0.29, 0.717) is 23.0 Å². The number of ether oxygens (including phenoxy) is 1. The van der Waals surface area contributed by atoms with Crippen molar-refractivity contribution in [1.82, 2.24) is 4.72 Å². The number of halogens is 1. The number of hydrogen-bond acceptors (Lipinski definition) is 4. The lowest BCUT2D eigenvalue weighted by Gasteiger charge is -2.15. The number of rotatable bonds is 4. The molecule has 0 aliphatic heterocycles. The molecule has 0 unspecified atom stereocenters. The Balaban J connectivity index is 2.36. The molecule has 0 heterocycles. The molecule has 2 rings (SSSR count). The van der Waals surface area contributed by atoms with Crippen molar-refractivity contribution < 1.29 is 13.2 Å². The van der Waals surface area contributed by atoms with Crippen molar-refractivity contribution in [1.29, 1.82) is 0 Å². The Morgan fingerprint density at radius 1 is 1.37 bits per heavy atom. The standard InChI is InChI=1S/C12H15BrN2O3S/c1-18-11-6-9(13)10(14)7-12(11)19(16,17)15-8-4-2-3-5-8/h2-3,6-8,15H,4-5,14H2,1H3. The molecule has 1 aromatic carbocycles. The van der Waals surface area contributed by atoms with E-state index >= 15 is 0 Å². The fraction of sp³-hybridized carbons (Fsp3) is 0.333. The molecule has 0 radical (unpaired) electrons. The summed E-state index contributed by atoms with van der Waals surface area (Å²) in [7, 11) is -2.22. The van der Waals surface area contributed by atoms with Crippen molar-refractivity contribution in [3.63, 3.8) is 0 Å². The highest BCUT2D eigenvalue weighted by Gasteiger charge is 2.25. The number of sulfonamides is 1. The maximum Gasteiger partial charge on any atom is 0.244 e. The van der Waals surface area contributed by atoms with Crippen LogP contribution in [-0.2, 0) is 10.0 Å². The molecule has 104 valence electrons. The molecule has 0 atom stereocenters. The molecule has 3 N–H and O–H groups in total. The summed E-state index contributed by atoms with van der Waals surface area (Å²) in [5.41, 5.74) is 6.09. The average Bonchev–Trinajstić information content (AvgIpc) is 2.84. The van der Waals surface area contributed by atoms with Crippen LogP contribution in [0.5, 0.6) is 5.75 Å². The summed E-state index contributed by atoms with van der Waals surface area (Å²) in [5, 5.41) is 0. The molecule has 0 spiro atoms. The van der Waals surface area contributed by atoms with E-state index in [1.807, 2.05) is 12.2 Å². The van der Waals surface area contributed by atoms with Crippen LogP contribution in [0.2, 0.25) is 0 Å². The van der Waals surface area contributed by atoms with Crippen molar-refractivity contribution in [2.45, 2.75) is 23.8 Å². The number of hydrogen-bond donors (Lipinski definition) is 2. The first kappa shape index (κ1) is 14.4. The van der Waals surface area contributed by atoms with Gasteiger partial charge in [0.15, 0.2) is 0 Å². The second-order valence-corrected chi connectivity index (χ2v) is 6.82. The third-order valence-electron chi connectivity index (χ3n) is 2.90. The van der Waals surface area contributed by atoms with Crippen LogP contribution in [0.1, 0.15) is 12.8 Å². The van der Waals surface area contributed by atoms with Gasteiger partial charge in [-0.15, -0.1) is 0 Å². The number of nitrogens with two attached hydrogens (primary N) is 1. The van der Waals surface area contributed by atoms with Gasteiger partial charge in [0.05, 0.1) is 7.11 Å². The molecule has 0 saturated carbocycles. The topological polar surface area (TPSA) is 81.4 Å². The number of methoxy groups -OCH3 is 1. The van der Waals surface area contributed by atoms with Crippen LogP contribution in [0.4, 0.5) is 5.69 Å². The molecule has 0 saturated heterocycles. The first-order valence-electron chi connectivity index (χ1n) is 5.74. The summed E-state index contributed by atoms with van der Waals surface area (Å²) < 4.78 is 33.0. The Labute approximate surface area is 121 Å². The van der Waals surface area contributed by atoms with Gasteiger partial charge in [0, 0.05) is 16.2 Å². The first-order chi connectivity index (χ1) is 8.94. The van der Waals surface area contributed by atoms with Crippen molar-refractivity contribution >= 4 is 31.6 Å². The molecule has 0 amide bonds. The predicted molar refractivity (Wildman–Crippen MR) is 77.6 cm³/mol. The Kier molecular flexibility index (Phi) is 4.17. The van der Waals surface area contributed by atoms with Gasteiger partial charge in [0.1, 0.15) is 10.6 Å². The average molecular weight is 347 g/mol. The van der Waals surface area contributed by atoms with Gasteiger partial charge in [-0.05, 0) is 40.9 Å². The molecular weight excluding hydrogens is 332 g/mol. The summed E-state index contributed by atoms with van der Waals surface area (Å²) in [5.74, 6) is 0.263. The van der Waals surface area contributed by atoms with Crippen LogP contribution < -0.4 is 15.2 Å². The zero-order chi connectivity index (χ0) is 14.0. The fourth-order valence-electron chi connectivity index (χ4n) is 1.92. The highest BCUT2D eigenvalue weighted by molar-refractivity contribution is 9.10. The summed E-state index contributed by atoms with van der Waals surface area (Å²) in [4.78, 5) is 0.0580. The van der Waals surface area contributed by atoms with E-state index in [1.54, 1.807) is 6.07 Å². The number of nitrogens with one attached hydrogen (secondary N) is 1. The summed E-state index contributed by atoms with van der Waals surface area (Å²) in [6, 6.07) is 2.85. The van der Waals surface area contributed by atoms with Gasteiger partial charge in [-0.1, -0.05) is 12.2 Å². The zero-order valence-corrected chi connectivity index (χ0v) is 12.8. The fourth-order valence-corrected chi connectivity index (χ4v) is 3.69. The normalized spacial score (nSPS) is 15.9. The van der Waals surface area contributed by atoms with E-state index in [1.165, 1.54) is 13.2 Å². The van der Waals surface area contributed by atoms with Gasteiger partial charge in [-0.25, -0.2) is 13.1 Å². The number of anilines is 1. The zero-order valence-electron chi connectivity index (χ0n) is 10.4. The Morgan fingerprint density at radius 2 is 2.00 bits per heavy atom. The lowest BCUT2D eigenvalue weighted by atomic mass is 10.3. The first-order valence-corrected chi connectivity index (χ1v) is 8.02. The quantitative estimate of drug-likeness (QED) is 0.645. The van der Waals surface area contributed by atoms with Crippen molar-refractivity contribution in [3.05, 3.63) is 28.8 Å². The largest absolute Gasteiger partial charge is 0.495 e. The minimum Gasteiger partial charge on any atom is -0.495 e. The minimum atomic E-state index is -3.64. The van der Waals surface area contributed by atoms with Gasteiger partial charge in [-0.2, -0.15) is 0 Å². The number of nitrogen functional groups attached to an aromatic ring is 1. The molecule has 0 bridgehead atoms. The van der Waals surface area contributed by atoms with Crippen molar-refractivity contribution in [2.75, 3.05) is 12.8 Å². The Hall–Kier alpha value is -1.05. The van der Waals surface area contributed by atoms with Crippen molar-refractivity contribution in [2.24, 2.45) is 0 Å². The summed E-state index contributed by atoms with van der Waals surface area (Å²) >= 11 is 3.25. The van der Waals surface area contributed by atoms with Gasteiger partial charge in [0.25, 0.3) is 0 Å². The van der Waals surface area contributed by atoms with Gasteiger partial charge < -0.3 is 10.5 Å². The second-order valence-electron chi connectivity index (χ2n) is 4.29. The lowest BCUT2D eigenvalue weighted by Crippen LogP contribution is -2.33. The van der Waals surface area contributed by atoms with Gasteiger partial charge in [0.2, 0.25) is 10.0 Å². The monoisotopic (exact) mass is 346 g/mol. The smallest absolute Gasteiger partial charge is 0.244 e. The highest BCUT2D eigenvalue weighted by atomic mass is 79.9. The van der Waals surface area contributed by atoms with Crippen LogP contribution in [0.25, 0.3) is 0 Å². The van der Waals surface area contributed by atoms with Crippen LogP contribution in [-0.4, -0.2) is 21.6 Å². The molecule has 0 aromatic heterocycles. The molecule has 5 nitrogen and oxygen atoms in total.